The Morgan fingerprint density at radius 2 is 2.04 bits per heavy atom. The number of allylic oxidation sites excluding steroid dienone is 1. The third kappa shape index (κ3) is 2.71. The fraction of sp³-hybridized carbons (Fsp3) is 0.353. The van der Waals surface area contributed by atoms with Gasteiger partial charge in [-0.3, -0.25) is 0 Å². The number of fused-ring (bicyclic) bond motifs is 1. The highest BCUT2D eigenvalue weighted by molar-refractivity contribution is 8.08. The summed E-state index contributed by atoms with van der Waals surface area (Å²) in [4.78, 5) is 11.9. The van der Waals surface area contributed by atoms with Crippen LogP contribution in [0.25, 0.3) is 25.8 Å². The second-order valence-electron chi connectivity index (χ2n) is 5.48. The molecule has 0 aromatic carbocycles. The molecule has 0 unspecified atom stereocenters. The lowest BCUT2D eigenvalue weighted by molar-refractivity contribution is 0.410. The maximum atomic E-state index is 6.40. The van der Waals surface area contributed by atoms with E-state index in [1.807, 2.05) is 19.9 Å². The van der Waals surface area contributed by atoms with Crippen LogP contribution in [-0.2, 0) is 0 Å². The van der Waals surface area contributed by atoms with E-state index in [-0.39, 0.29) is 1.43 Å². The minimum absolute atomic E-state index is 0. The predicted molar refractivity (Wildman–Crippen MR) is 105 cm³/mol. The van der Waals surface area contributed by atoms with Crippen LogP contribution in [0.5, 0.6) is 0 Å². The molecule has 5 nitrogen and oxygen atoms in total. The number of anilines is 1. The molecule has 2 N–H and O–H groups in total. The molecule has 3 aromatic heterocycles. The van der Waals surface area contributed by atoms with Crippen LogP contribution >= 0.6 is 23.1 Å². The molecule has 0 aliphatic rings. The smallest absolute Gasteiger partial charge is 0.264 e. The normalized spacial score (nSPS) is 12.3. The molecular weight excluding hydrogens is 340 g/mol. The van der Waals surface area contributed by atoms with Gasteiger partial charge in [0.05, 0.1) is 10.6 Å². The van der Waals surface area contributed by atoms with Gasteiger partial charge in [0.25, 0.3) is 5.89 Å². The fourth-order valence-electron chi connectivity index (χ4n) is 2.57. The summed E-state index contributed by atoms with van der Waals surface area (Å²) in [6.45, 7) is 10.2. The first-order valence-corrected chi connectivity index (χ1v) is 9.57. The lowest BCUT2D eigenvalue weighted by Crippen LogP contribution is -1.94. The Morgan fingerprint density at radius 1 is 1.29 bits per heavy atom. The van der Waals surface area contributed by atoms with E-state index in [4.69, 9.17) is 10.3 Å². The highest BCUT2D eigenvalue weighted by Gasteiger charge is 2.21. The maximum absolute atomic E-state index is 6.40. The molecule has 0 fully saturated rings. The maximum Gasteiger partial charge on any atom is 0.264 e. The standard InChI is InChI=1S/C17H20N4OS2.H2/c1-6-11(23-7-2)16-20-15(21-22-16)14-13(18)12-9(4)8(3)10(5)19-17(12)24-14;/h6H,7,18H2,1-5H3;1H/b11-6-;. The molecule has 0 spiro atoms. The van der Waals surface area contributed by atoms with E-state index >= 15 is 0 Å². The Hall–Kier alpha value is -1.86. The van der Waals surface area contributed by atoms with Crippen LogP contribution in [0, 0.1) is 20.8 Å². The van der Waals surface area contributed by atoms with Gasteiger partial charge in [0.2, 0.25) is 5.82 Å². The van der Waals surface area contributed by atoms with Crippen molar-refractivity contribution < 1.29 is 5.95 Å². The van der Waals surface area contributed by atoms with Gasteiger partial charge in [0, 0.05) is 12.5 Å². The van der Waals surface area contributed by atoms with E-state index < -0.39 is 0 Å². The van der Waals surface area contributed by atoms with Gasteiger partial charge in [-0.2, -0.15) is 4.98 Å². The summed E-state index contributed by atoms with van der Waals surface area (Å²) >= 11 is 3.19. The lowest BCUT2D eigenvalue weighted by Gasteiger charge is -2.05. The van der Waals surface area contributed by atoms with Crippen molar-refractivity contribution in [1.29, 1.82) is 0 Å². The molecule has 7 heteroatoms. The quantitative estimate of drug-likeness (QED) is 0.686. The van der Waals surface area contributed by atoms with Crippen LogP contribution in [0.1, 0.15) is 38.0 Å². The first-order chi connectivity index (χ1) is 11.5. The lowest BCUT2D eigenvalue weighted by atomic mass is 10.1. The largest absolute Gasteiger partial charge is 0.397 e. The average molecular weight is 363 g/mol. The predicted octanol–water partition coefficient (Wildman–Crippen LogP) is 5.21. The number of thioether (sulfide) groups is 1. The average Bonchev–Trinajstić information content (AvgIpc) is 3.15. The van der Waals surface area contributed by atoms with Gasteiger partial charge in [0.15, 0.2) is 0 Å². The number of aryl methyl sites for hydroxylation is 2. The number of aromatic nitrogens is 3. The monoisotopic (exact) mass is 362 g/mol. The molecule has 3 heterocycles. The van der Waals surface area contributed by atoms with Crippen LogP contribution in [-0.4, -0.2) is 20.9 Å². The second-order valence-corrected chi connectivity index (χ2v) is 7.79. The number of nitrogens with zero attached hydrogens (tertiary/aromatic N) is 3. The number of hydrogen-bond acceptors (Lipinski definition) is 7. The zero-order valence-electron chi connectivity index (χ0n) is 14.4. The van der Waals surface area contributed by atoms with Gasteiger partial charge in [0.1, 0.15) is 9.71 Å². The molecule has 0 atom stereocenters. The molecule has 0 aliphatic heterocycles. The summed E-state index contributed by atoms with van der Waals surface area (Å²) < 4.78 is 5.43. The van der Waals surface area contributed by atoms with Crippen molar-refractivity contribution in [2.75, 3.05) is 11.5 Å². The van der Waals surface area contributed by atoms with Crippen molar-refractivity contribution in [3.05, 3.63) is 28.8 Å². The molecular formula is C17H22N4OS2. The Bertz CT molecular complexity index is 946. The summed E-state index contributed by atoms with van der Waals surface area (Å²) in [6.07, 6.45) is 1.98. The third-order valence-electron chi connectivity index (χ3n) is 4.08. The van der Waals surface area contributed by atoms with Crippen molar-refractivity contribution in [1.82, 2.24) is 15.1 Å². The molecule has 128 valence electrons. The summed E-state index contributed by atoms with van der Waals surface area (Å²) in [5, 5.41) is 5.13. The summed E-state index contributed by atoms with van der Waals surface area (Å²) in [5.74, 6) is 2.01. The SMILES string of the molecule is C/C=C(\SCC)c1nc(-c2sc3nc(C)c(C)c(C)c3c2N)no1.[HH]. The molecule has 0 saturated heterocycles. The van der Waals surface area contributed by atoms with Crippen molar-refractivity contribution >= 4 is 43.9 Å². The Morgan fingerprint density at radius 3 is 2.71 bits per heavy atom. The minimum Gasteiger partial charge on any atom is -0.397 e. The molecule has 0 bridgehead atoms. The van der Waals surface area contributed by atoms with E-state index in [1.54, 1.807) is 11.8 Å². The van der Waals surface area contributed by atoms with Crippen LogP contribution in [0.2, 0.25) is 0 Å². The summed E-state index contributed by atoms with van der Waals surface area (Å²) in [6, 6.07) is 0. The number of thiophene rings is 1. The second kappa shape index (κ2) is 6.57. The van der Waals surface area contributed by atoms with Crippen molar-refractivity contribution in [3.8, 4) is 10.7 Å². The molecule has 0 aliphatic carbocycles. The van der Waals surface area contributed by atoms with E-state index in [0.717, 1.165) is 37.0 Å². The summed E-state index contributed by atoms with van der Waals surface area (Å²) in [5.41, 5.74) is 10.4. The van der Waals surface area contributed by atoms with Crippen LogP contribution in [0.15, 0.2) is 10.6 Å². The van der Waals surface area contributed by atoms with Crippen LogP contribution in [0.4, 0.5) is 5.69 Å². The van der Waals surface area contributed by atoms with Gasteiger partial charge in [-0.15, -0.1) is 23.1 Å². The van der Waals surface area contributed by atoms with E-state index in [1.165, 1.54) is 16.9 Å². The Balaban J connectivity index is 0.00000225. The van der Waals surface area contributed by atoms with Gasteiger partial charge in [-0.05, 0) is 44.6 Å². The first-order valence-electron chi connectivity index (χ1n) is 7.77. The number of nitrogens with two attached hydrogens (primary N) is 1. The van der Waals surface area contributed by atoms with Gasteiger partial charge < -0.3 is 10.3 Å². The molecule has 3 rings (SSSR count). The Labute approximate surface area is 150 Å². The molecule has 0 radical (unpaired) electrons. The van der Waals surface area contributed by atoms with Crippen molar-refractivity contribution in [2.45, 2.75) is 34.6 Å². The van der Waals surface area contributed by atoms with E-state index in [0.29, 0.717) is 17.4 Å². The zero-order chi connectivity index (χ0) is 17.4. The number of nitrogen functional groups attached to an aromatic ring is 1. The number of rotatable bonds is 4. The fourth-order valence-corrected chi connectivity index (χ4v) is 4.38. The van der Waals surface area contributed by atoms with Crippen LogP contribution in [0.3, 0.4) is 0 Å². The van der Waals surface area contributed by atoms with E-state index in [2.05, 4.69) is 35.9 Å². The molecule has 24 heavy (non-hydrogen) atoms. The first kappa shape index (κ1) is 17.0. The number of hydrogen-bond donors (Lipinski definition) is 1. The van der Waals surface area contributed by atoms with Crippen molar-refractivity contribution in [3.63, 3.8) is 0 Å². The molecule has 3 aromatic rings. The highest BCUT2D eigenvalue weighted by atomic mass is 32.2. The van der Waals surface area contributed by atoms with Gasteiger partial charge in [-0.1, -0.05) is 18.2 Å². The third-order valence-corrected chi connectivity index (χ3v) is 6.18. The topological polar surface area (TPSA) is 77.8 Å². The van der Waals surface area contributed by atoms with Gasteiger partial charge >= 0.3 is 0 Å². The minimum atomic E-state index is 0. The van der Waals surface area contributed by atoms with Crippen molar-refractivity contribution in [2.24, 2.45) is 0 Å². The Kier molecular flexibility index (Phi) is 4.64. The summed E-state index contributed by atoms with van der Waals surface area (Å²) in [7, 11) is 0. The zero-order valence-corrected chi connectivity index (χ0v) is 16.1. The van der Waals surface area contributed by atoms with Gasteiger partial charge in [-0.25, -0.2) is 4.98 Å². The molecule has 0 amide bonds. The molecule has 0 saturated carbocycles. The highest BCUT2D eigenvalue weighted by Crippen LogP contribution is 2.41. The van der Waals surface area contributed by atoms with Crippen LogP contribution < -0.4 is 5.73 Å². The number of pyridine rings is 1. The van der Waals surface area contributed by atoms with E-state index in [9.17, 15) is 0 Å².